The lowest BCUT2D eigenvalue weighted by Gasteiger charge is -2.28. The number of aromatic nitrogens is 1. The Morgan fingerprint density at radius 2 is 1.73 bits per heavy atom. The number of para-hydroxylation sites is 1. The van der Waals surface area contributed by atoms with Gasteiger partial charge >= 0.3 is 0 Å². The zero-order valence-electron chi connectivity index (χ0n) is 18.0. The largest absolute Gasteiger partial charge is 0.361 e. The van der Waals surface area contributed by atoms with E-state index in [1.165, 1.54) is 4.90 Å². The highest BCUT2D eigenvalue weighted by molar-refractivity contribution is 5.98. The molecule has 1 atom stereocenters. The van der Waals surface area contributed by atoms with Crippen LogP contribution in [0.1, 0.15) is 17.2 Å². The summed E-state index contributed by atoms with van der Waals surface area (Å²) in [4.78, 5) is 33.9. The summed E-state index contributed by atoms with van der Waals surface area (Å²) in [6.45, 7) is 0. The number of amides is 2. The third-order valence-electron chi connectivity index (χ3n) is 5.46. The van der Waals surface area contributed by atoms with E-state index in [1.54, 1.807) is 31.3 Å². The van der Waals surface area contributed by atoms with Crippen LogP contribution in [-0.4, -0.2) is 28.7 Å². The van der Waals surface area contributed by atoms with E-state index in [0.29, 0.717) is 16.9 Å². The van der Waals surface area contributed by atoms with Gasteiger partial charge in [-0.1, -0.05) is 65.8 Å². The fourth-order valence-electron chi connectivity index (χ4n) is 3.77. The third-order valence-corrected chi connectivity index (χ3v) is 5.46. The minimum atomic E-state index is -0.819. The van der Waals surface area contributed by atoms with Crippen molar-refractivity contribution in [1.82, 2.24) is 9.88 Å². The molecule has 0 saturated heterocycles. The molecule has 1 heterocycles. The molecule has 0 radical (unpaired) electrons. The molecule has 0 bridgehead atoms. The molecule has 4 aromatic rings. The van der Waals surface area contributed by atoms with E-state index in [1.807, 2.05) is 60.8 Å². The molecule has 164 valence electrons. The summed E-state index contributed by atoms with van der Waals surface area (Å²) in [6.07, 6.45) is 2.00. The number of nitrogens with zero attached hydrogens (tertiary/aromatic N) is 4. The van der Waals surface area contributed by atoms with Gasteiger partial charge < -0.3 is 15.2 Å². The zero-order chi connectivity index (χ0) is 23.2. The van der Waals surface area contributed by atoms with Crippen molar-refractivity contribution in [3.63, 3.8) is 0 Å². The highest BCUT2D eigenvalue weighted by Crippen LogP contribution is 2.25. The fourth-order valence-corrected chi connectivity index (χ4v) is 3.77. The van der Waals surface area contributed by atoms with Crippen LogP contribution in [0, 0.1) is 0 Å². The maximum atomic E-state index is 13.3. The Kier molecular flexibility index (Phi) is 6.38. The van der Waals surface area contributed by atoms with Gasteiger partial charge in [0, 0.05) is 40.4 Å². The first kappa shape index (κ1) is 21.7. The number of hydrogen-bond donors (Lipinski definition) is 2. The highest BCUT2D eigenvalue weighted by atomic mass is 16.2. The number of rotatable bonds is 7. The third kappa shape index (κ3) is 4.87. The van der Waals surface area contributed by atoms with Gasteiger partial charge in [-0.15, -0.1) is 0 Å². The maximum absolute atomic E-state index is 13.3. The first-order valence-electron chi connectivity index (χ1n) is 10.4. The van der Waals surface area contributed by atoms with Crippen LogP contribution in [0.5, 0.6) is 0 Å². The van der Waals surface area contributed by atoms with E-state index in [9.17, 15) is 9.59 Å². The van der Waals surface area contributed by atoms with Gasteiger partial charge in [-0.25, -0.2) is 0 Å². The summed E-state index contributed by atoms with van der Waals surface area (Å²) >= 11 is 0. The Bertz CT molecular complexity index is 1320. The zero-order valence-corrected chi connectivity index (χ0v) is 18.0. The number of fused-ring (bicyclic) bond motifs is 1. The summed E-state index contributed by atoms with van der Waals surface area (Å²) in [5.74, 6) is -0.519. The highest BCUT2D eigenvalue weighted by Gasteiger charge is 2.29. The summed E-state index contributed by atoms with van der Waals surface area (Å²) in [5.41, 5.74) is 12.1. The van der Waals surface area contributed by atoms with Gasteiger partial charge in [0.25, 0.3) is 5.91 Å². The van der Waals surface area contributed by atoms with E-state index in [4.69, 9.17) is 5.53 Å². The van der Waals surface area contributed by atoms with Crippen molar-refractivity contribution in [3.05, 3.63) is 107 Å². The smallest absolute Gasteiger partial charge is 0.251 e. The van der Waals surface area contributed by atoms with Gasteiger partial charge in [0.2, 0.25) is 5.91 Å². The molecule has 2 amide bonds. The first-order chi connectivity index (χ1) is 16.1. The Morgan fingerprint density at radius 3 is 2.45 bits per heavy atom. The molecular formula is C25H22N6O2. The molecule has 0 aliphatic heterocycles. The Labute approximate surface area is 190 Å². The molecule has 1 aromatic heterocycles. The number of aromatic amines is 1. The average Bonchev–Trinajstić information content (AvgIpc) is 3.24. The first-order valence-corrected chi connectivity index (χ1v) is 10.4. The van der Waals surface area contributed by atoms with Crippen LogP contribution in [0.4, 0.5) is 11.4 Å². The van der Waals surface area contributed by atoms with Crippen LogP contribution in [-0.2, 0) is 16.0 Å². The summed E-state index contributed by atoms with van der Waals surface area (Å²) in [6, 6.07) is 22.7. The monoisotopic (exact) mass is 438 g/mol. The van der Waals surface area contributed by atoms with Gasteiger partial charge in [0.1, 0.15) is 6.04 Å². The molecule has 4 rings (SSSR count). The number of H-pyrrole nitrogens is 1. The lowest BCUT2D eigenvalue weighted by Crippen LogP contribution is -2.39. The number of likely N-dealkylation sites (N-methyl/N-ethyl adjacent to an activating group) is 1. The molecule has 8 nitrogen and oxygen atoms in total. The predicted octanol–water partition coefficient (Wildman–Crippen LogP) is 5.49. The van der Waals surface area contributed by atoms with Crippen molar-refractivity contribution in [2.45, 2.75) is 12.5 Å². The van der Waals surface area contributed by atoms with Crippen molar-refractivity contribution < 1.29 is 9.59 Å². The van der Waals surface area contributed by atoms with Crippen LogP contribution in [0.15, 0.2) is 90.2 Å². The normalized spacial score (nSPS) is 11.4. The van der Waals surface area contributed by atoms with Crippen LogP contribution in [0.2, 0.25) is 0 Å². The van der Waals surface area contributed by atoms with Crippen molar-refractivity contribution in [2.24, 2.45) is 5.11 Å². The second kappa shape index (κ2) is 9.72. The maximum Gasteiger partial charge on any atom is 0.251 e. The molecule has 8 heteroatoms. The van der Waals surface area contributed by atoms with Gasteiger partial charge in [-0.2, -0.15) is 0 Å². The summed E-state index contributed by atoms with van der Waals surface area (Å²) in [7, 11) is 1.64. The van der Waals surface area contributed by atoms with Crippen LogP contribution in [0.3, 0.4) is 0 Å². The minimum absolute atomic E-state index is 0.165. The predicted molar refractivity (Wildman–Crippen MR) is 128 cm³/mol. The van der Waals surface area contributed by atoms with Gasteiger partial charge in [-0.3, -0.25) is 9.59 Å². The number of carbonyl (C=O) groups is 2. The summed E-state index contributed by atoms with van der Waals surface area (Å²) in [5, 5.41) is 7.38. The number of azide groups is 1. The van der Waals surface area contributed by atoms with E-state index in [0.717, 1.165) is 16.5 Å². The molecule has 0 aliphatic rings. The number of carbonyl (C=O) groups excluding carboxylic acids is 2. The van der Waals surface area contributed by atoms with E-state index >= 15 is 0 Å². The lowest BCUT2D eigenvalue weighted by molar-refractivity contribution is -0.136. The molecule has 0 unspecified atom stereocenters. The Hall–Kier alpha value is -4.55. The lowest BCUT2D eigenvalue weighted by atomic mass is 10.0. The van der Waals surface area contributed by atoms with Gasteiger partial charge in [0.15, 0.2) is 0 Å². The number of benzene rings is 3. The van der Waals surface area contributed by atoms with E-state index in [-0.39, 0.29) is 18.2 Å². The Balaban J connectivity index is 1.57. The number of nitrogens with one attached hydrogen (secondary N) is 2. The van der Waals surface area contributed by atoms with Crippen LogP contribution in [0.25, 0.3) is 21.3 Å². The van der Waals surface area contributed by atoms with Crippen molar-refractivity contribution in [1.29, 1.82) is 0 Å². The molecule has 0 fully saturated rings. The van der Waals surface area contributed by atoms with E-state index in [2.05, 4.69) is 20.3 Å². The molecule has 0 saturated carbocycles. The van der Waals surface area contributed by atoms with Crippen molar-refractivity contribution in [2.75, 3.05) is 12.4 Å². The topological polar surface area (TPSA) is 114 Å². The quantitative estimate of drug-likeness (QED) is 0.226. The van der Waals surface area contributed by atoms with Gasteiger partial charge in [0.05, 0.1) is 6.42 Å². The van der Waals surface area contributed by atoms with Crippen molar-refractivity contribution in [3.8, 4) is 0 Å². The van der Waals surface area contributed by atoms with E-state index < -0.39 is 6.04 Å². The molecule has 3 aromatic carbocycles. The van der Waals surface area contributed by atoms with Crippen LogP contribution < -0.4 is 5.32 Å². The SMILES string of the molecule is CN(C(=O)Cc1c[nH]c2ccccc12)[C@H](C(=O)Nc1ccc(N=[N+]=[N-])cc1)c1ccccc1. The number of anilines is 1. The molecule has 0 spiro atoms. The molecule has 2 N–H and O–H groups in total. The molecule has 33 heavy (non-hydrogen) atoms. The number of hydrogen-bond acceptors (Lipinski definition) is 3. The van der Waals surface area contributed by atoms with Crippen molar-refractivity contribution >= 4 is 34.1 Å². The second-order valence-electron chi connectivity index (χ2n) is 7.58. The average molecular weight is 438 g/mol. The summed E-state index contributed by atoms with van der Waals surface area (Å²) < 4.78 is 0. The Morgan fingerprint density at radius 1 is 1.03 bits per heavy atom. The van der Waals surface area contributed by atoms with Gasteiger partial charge in [-0.05, 0) is 34.9 Å². The molecule has 0 aliphatic carbocycles. The molecular weight excluding hydrogens is 416 g/mol. The second-order valence-corrected chi connectivity index (χ2v) is 7.58. The van der Waals surface area contributed by atoms with Crippen LogP contribution >= 0.6 is 0 Å². The standard InChI is InChI=1S/C25H22N6O2/c1-31(23(32)15-18-16-27-22-10-6-5-9-21(18)22)24(17-7-3-2-4-8-17)25(33)28-19-11-13-20(14-12-19)29-30-26/h2-14,16,24,27H,15H2,1H3,(H,28,33)/t24-/m0/s1. The fraction of sp³-hybridized carbons (Fsp3) is 0.120. The minimum Gasteiger partial charge on any atom is -0.361 e.